The van der Waals surface area contributed by atoms with Crippen LogP contribution < -0.4 is 11.1 Å². The van der Waals surface area contributed by atoms with E-state index in [1.165, 1.54) is 0 Å². The average molecular weight is 220 g/mol. The van der Waals surface area contributed by atoms with Crippen LogP contribution in [0.4, 0.5) is 0 Å². The highest BCUT2D eigenvalue weighted by atomic mass is 16.1. The fraction of sp³-hybridized carbons (Fsp3) is 0.917. The summed E-state index contributed by atoms with van der Waals surface area (Å²) >= 11 is 0. The Bertz CT molecular complexity index is 144. The maximum Gasteiger partial charge on any atom is 0.220 e. The summed E-state index contributed by atoms with van der Waals surface area (Å²) in [6, 6.07) is 0. The molecule has 0 heterocycles. The van der Waals surface area contributed by atoms with Crippen molar-refractivity contribution < 1.29 is 7.65 Å². The van der Waals surface area contributed by atoms with Gasteiger partial charge in [0, 0.05) is 15.8 Å². The maximum atomic E-state index is 11.2. The van der Waals surface area contributed by atoms with Crippen LogP contribution in [0.5, 0.6) is 0 Å². The van der Waals surface area contributed by atoms with Crippen molar-refractivity contribution >= 4 is 5.91 Å². The van der Waals surface area contributed by atoms with Gasteiger partial charge in [0.1, 0.15) is 0 Å². The molecule has 0 bridgehead atoms. The molecule has 0 spiro atoms. The summed E-state index contributed by atoms with van der Waals surface area (Å²) < 4.78 is 0. The molecule has 0 aromatic rings. The van der Waals surface area contributed by atoms with Crippen LogP contribution in [-0.4, -0.2) is 19.0 Å². The lowest BCUT2D eigenvalue weighted by Crippen LogP contribution is -2.25. The lowest BCUT2D eigenvalue weighted by atomic mass is 10.1. The van der Waals surface area contributed by atoms with Crippen molar-refractivity contribution in [2.75, 3.05) is 13.1 Å². The summed E-state index contributed by atoms with van der Waals surface area (Å²) in [6.07, 6.45) is 3.84. The van der Waals surface area contributed by atoms with Gasteiger partial charge in [-0.25, -0.2) is 0 Å². The lowest BCUT2D eigenvalue weighted by Gasteiger charge is -2.06. The van der Waals surface area contributed by atoms with E-state index in [0.29, 0.717) is 12.3 Å². The van der Waals surface area contributed by atoms with E-state index in [4.69, 9.17) is 5.73 Å². The Morgan fingerprint density at radius 2 is 1.87 bits per heavy atom. The second-order valence-electron chi connectivity index (χ2n) is 3.80. The molecule has 0 radical (unpaired) electrons. The first-order valence-electron chi connectivity index (χ1n) is 6.13. The molecule has 3 heteroatoms. The van der Waals surface area contributed by atoms with Gasteiger partial charge in [-0.3, -0.25) is 4.79 Å². The minimum atomic E-state index is 0. The average Bonchev–Trinajstić information content (AvgIpc) is 2.19. The molecule has 3 N–H and O–H groups in total. The van der Waals surface area contributed by atoms with Crippen molar-refractivity contribution in [2.24, 2.45) is 11.7 Å². The van der Waals surface area contributed by atoms with Crippen LogP contribution >= 0.6 is 0 Å². The van der Waals surface area contributed by atoms with Crippen molar-refractivity contribution in [3.8, 4) is 0 Å². The van der Waals surface area contributed by atoms with Gasteiger partial charge >= 0.3 is 0 Å². The van der Waals surface area contributed by atoms with E-state index < -0.39 is 0 Å². The Labute approximate surface area is 97.8 Å². The third-order valence-electron chi connectivity index (χ3n) is 1.80. The highest BCUT2D eigenvalue weighted by Crippen LogP contribution is 1.98. The summed E-state index contributed by atoms with van der Waals surface area (Å²) in [5.74, 6) is 0.617. The summed E-state index contributed by atoms with van der Waals surface area (Å²) in [5, 5.41) is 2.89. The highest BCUT2D eigenvalue weighted by molar-refractivity contribution is 5.75. The van der Waals surface area contributed by atoms with Gasteiger partial charge in [-0.2, -0.15) is 0 Å². The van der Waals surface area contributed by atoms with Gasteiger partial charge in [0.2, 0.25) is 5.91 Å². The second kappa shape index (κ2) is 13.4. The van der Waals surface area contributed by atoms with E-state index in [2.05, 4.69) is 5.32 Å². The number of unbranched alkanes of at least 4 members (excludes halogenated alkanes) is 2. The maximum absolute atomic E-state index is 11.2. The first-order chi connectivity index (χ1) is 7.16. The van der Waals surface area contributed by atoms with Crippen molar-refractivity contribution in [2.45, 2.75) is 53.4 Å². The number of carbonyl (C=O) groups is 1. The van der Waals surface area contributed by atoms with E-state index >= 15 is 0 Å². The number of hydrogen-bond donors (Lipinski definition) is 2. The van der Waals surface area contributed by atoms with Crippen LogP contribution in [0, 0.1) is 5.92 Å². The molecule has 0 aliphatic rings. The fourth-order valence-electron chi connectivity index (χ4n) is 1.12. The zero-order valence-electron chi connectivity index (χ0n) is 10.8. The number of nitrogens with two attached hydrogens (primary N) is 1. The molecule has 1 amide bonds. The van der Waals surface area contributed by atoms with Gasteiger partial charge in [-0.1, -0.05) is 34.1 Å². The third kappa shape index (κ3) is 16.1. The van der Waals surface area contributed by atoms with E-state index in [0.717, 1.165) is 32.4 Å². The molecule has 0 unspecified atom stereocenters. The van der Waals surface area contributed by atoms with Gasteiger partial charge < -0.3 is 11.1 Å². The van der Waals surface area contributed by atoms with E-state index in [9.17, 15) is 4.79 Å². The summed E-state index contributed by atoms with van der Waals surface area (Å²) in [6.45, 7) is 9.65. The lowest BCUT2D eigenvalue weighted by molar-refractivity contribution is -0.121. The quantitative estimate of drug-likeness (QED) is 0.648. The molecule has 15 heavy (non-hydrogen) atoms. The summed E-state index contributed by atoms with van der Waals surface area (Å²) in [7, 11) is 0. The smallest absolute Gasteiger partial charge is 0.220 e. The molecule has 96 valence electrons. The molecule has 0 aromatic carbocycles. The first-order valence-corrected chi connectivity index (χ1v) is 6.13. The zero-order chi connectivity index (χ0) is 12.1. The molecule has 0 rings (SSSR count). The summed E-state index contributed by atoms with van der Waals surface area (Å²) in [4.78, 5) is 11.2. The van der Waals surface area contributed by atoms with Crippen LogP contribution in [0.3, 0.4) is 0 Å². The van der Waals surface area contributed by atoms with E-state index in [1.54, 1.807) is 0 Å². The minimum Gasteiger partial charge on any atom is -0.356 e. The number of carbonyl (C=O) groups excluding carboxylic acids is 1. The Morgan fingerprint density at radius 3 is 2.33 bits per heavy atom. The monoisotopic (exact) mass is 220 g/mol. The molecule has 0 saturated heterocycles. The standard InChI is InChI=1S/C10H22N2O.C2H6.2H2/c1-9(2)8-10(13)12-7-5-3-4-6-11;1-2;;/h9H,3-8,11H2,1-2H3,(H,12,13);1-2H3;2*1H. The normalized spacial score (nSPS) is 9.47. The van der Waals surface area contributed by atoms with Crippen LogP contribution in [0.15, 0.2) is 0 Å². The second-order valence-corrected chi connectivity index (χ2v) is 3.80. The number of amides is 1. The van der Waals surface area contributed by atoms with Gasteiger partial charge in [0.05, 0.1) is 0 Å². The first kappa shape index (κ1) is 16.8. The van der Waals surface area contributed by atoms with Crippen molar-refractivity contribution in [3.63, 3.8) is 0 Å². The largest absolute Gasteiger partial charge is 0.356 e. The SMILES string of the molecule is CC.CC(C)CC(=O)NCCCCCN.[HH].[HH]. The Kier molecular flexibility index (Phi) is 15.1. The molecule has 0 fully saturated rings. The van der Waals surface area contributed by atoms with Crippen LogP contribution in [0.25, 0.3) is 0 Å². The van der Waals surface area contributed by atoms with Crippen LogP contribution in [0.1, 0.15) is 56.2 Å². The molecular weight excluding hydrogens is 188 g/mol. The predicted octanol–water partition coefficient (Wildman–Crippen LogP) is 2.80. The minimum absolute atomic E-state index is 0. The predicted molar refractivity (Wildman–Crippen MR) is 70.9 cm³/mol. The molecular formula is C12H32N2O. The van der Waals surface area contributed by atoms with Gasteiger partial charge in [-0.05, 0) is 25.3 Å². The molecule has 0 aromatic heterocycles. The Hall–Kier alpha value is -0.570. The van der Waals surface area contributed by atoms with E-state index in [1.807, 2.05) is 27.7 Å². The number of nitrogens with one attached hydrogen (secondary N) is 1. The summed E-state index contributed by atoms with van der Waals surface area (Å²) in [5.41, 5.74) is 5.35. The fourth-order valence-corrected chi connectivity index (χ4v) is 1.12. The van der Waals surface area contributed by atoms with E-state index in [-0.39, 0.29) is 8.76 Å². The topological polar surface area (TPSA) is 55.1 Å². The highest BCUT2D eigenvalue weighted by Gasteiger charge is 2.02. The van der Waals surface area contributed by atoms with Crippen molar-refractivity contribution in [1.82, 2.24) is 5.32 Å². The van der Waals surface area contributed by atoms with Crippen molar-refractivity contribution in [3.05, 3.63) is 0 Å². The van der Waals surface area contributed by atoms with Crippen molar-refractivity contribution in [1.29, 1.82) is 0 Å². The van der Waals surface area contributed by atoms with Gasteiger partial charge in [0.15, 0.2) is 0 Å². The molecule has 3 nitrogen and oxygen atoms in total. The zero-order valence-corrected chi connectivity index (χ0v) is 10.8. The number of rotatable bonds is 7. The third-order valence-corrected chi connectivity index (χ3v) is 1.80. The van der Waals surface area contributed by atoms with Gasteiger partial charge in [-0.15, -0.1) is 0 Å². The number of hydrogen-bond acceptors (Lipinski definition) is 2. The molecule has 0 saturated carbocycles. The molecule has 0 aliphatic carbocycles. The Balaban J connectivity index is -0.000000199. The molecule has 0 atom stereocenters. The molecule has 0 aliphatic heterocycles. The van der Waals surface area contributed by atoms with Crippen LogP contribution in [0.2, 0.25) is 0 Å². The van der Waals surface area contributed by atoms with Crippen LogP contribution in [-0.2, 0) is 4.79 Å². The Morgan fingerprint density at radius 1 is 1.27 bits per heavy atom. The van der Waals surface area contributed by atoms with Gasteiger partial charge in [0.25, 0.3) is 0 Å².